The highest BCUT2D eigenvalue weighted by atomic mass is 32.1. The smallest absolute Gasteiger partial charge is 0.111 e. The number of thiol groups is 1. The van der Waals surface area contributed by atoms with Crippen LogP contribution in [0.15, 0.2) is 12.0 Å². The van der Waals surface area contributed by atoms with Crippen molar-refractivity contribution in [2.24, 2.45) is 17.3 Å². The number of nitrogens with two attached hydrogens (primary N) is 3. The SMILES string of the molecule is NC(N)=CN(N)CCCCCCCCCCC#CS. The lowest BCUT2D eigenvalue weighted by atomic mass is 10.1. The molecule has 0 atom stereocenters. The van der Waals surface area contributed by atoms with Gasteiger partial charge in [0.1, 0.15) is 5.82 Å². The van der Waals surface area contributed by atoms with Crippen LogP contribution in [0.1, 0.15) is 57.8 Å². The molecule has 0 heterocycles. The van der Waals surface area contributed by atoms with E-state index in [1.165, 1.54) is 44.9 Å². The molecule has 0 bridgehead atoms. The van der Waals surface area contributed by atoms with Gasteiger partial charge in [-0.15, -0.1) is 0 Å². The van der Waals surface area contributed by atoms with Crippen molar-refractivity contribution < 1.29 is 0 Å². The van der Waals surface area contributed by atoms with E-state index in [2.05, 4.69) is 23.8 Å². The first kappa shape index (κ1) is 18.0. The van der Waals surface area contributed by atoms with Gasteiger partial charge in [-0.1, -0.05) is 57.1 Å². The van der Waals surface area contributed by atoms with E-state index in [0.717, 1.165) is 19.4 Å². The molecule has 5 heteroatoms. The van der Waals surface area contributed by atoms with Gasteiger partial charge in [0.05, 0.1) is 6.20 Å². The van der Waals surface area contributed by atoms with Gasteiger partial charge in [0.2, 0.25) is 0 Å². The summed E-state index contributed by atoms with van der Waals surface area (Å²) in [6, 6.07) is 0. The Kier molecular flexibility index (Phi) is 12.7. The molecule has 0 rings (SSSR count). The van der Waals surface area contributed by atoms with E-state index in [4.69, 9.17) is 17.3 Å². The van der Waals surface area contributed by atoms with Crippen molar-refractivity contribution in [1.29, 1.82) is 0 Å². The lowest BCUT2D eigenvalue weighted by Crippen LogP contribution is -2.29. The molecule has 0 amide bonds. The van der Waals surface area contributed by atoms with E-state index in [0.29, 0.717) is 0 Å². The molecule has 0 unspecified atom stereocenters. The monoisotopic (exact) mass is 284 g/mol. The van der Waals surface area contributed by atoms with E-state index in [1.54, 1.807) is 11.2 Å². The third kappa shape index (κ3) is 15.0. The fraction of sp³-hybridized carbons (Fsp3) is 0.714. The summed E-state index contributed by atoms with van der Waals surface area (Å²) in [5.41, 5.74) is 10.7. The molecular weight excluding hydrogens is 256 g/mol. The largest absolute Gasteiger partial charge is 0.384 e. The first-order valence-corrected chi connectivity index (χ1v) is 7.47. The number of hydrazine groups is 1. The van der Waals surface area contributed by atoms with Gasteiger partial charge in [0.25, 0.3) is 0 Å². The topological polar surface area (TPSA) is 81.3 Å². The summed E-state index contributed by atoms with van der Waals surface area (Å²) in [6.07, 6.45) is 12.5. The molecule has 0 saturated heterocycles. The summed E-state index contributed by atoms with van der Waals surface area (Å²) in [5.74, 6) is 8.90. The molecule has 0 fully saturated rings. The number of nitrogens with zero attached hydrogens (tertiary/aromatic N) is 1. The molecule has 19 heavy (non-hydrogen) atoms. The van der Waals surface area contributed by atoms with Crippen LogP contribution in [-0.4, -0.2) is 11.6 Å². The Morgan fingerprint density at radius 2 is 1.47 bits per heavy atom. The predicted molar refractivity (Wildman–Crippen MR) is 85.7 cm³/mol. The van der Waals surface area contributed by atoms with Gasteiger partial charge >= 0.3 is 0 Å². The predicted octanol–water partition coefficient (Wildman–Crippen LogP) is 2.28. The van der Waals surface area contributed by atoms with Crippen molar-refractivity contribution in [2.75, 3.05) is 6.54 Å². The number of hydrogen-bond donors (Lipinski definition) is 4. The van der Waals surface area contributed by atoms with E-state index in [-0.39, 0.29) is 5.82 Å². The Labute approximate surface area is 123 Å². The van der Waals surface area contributed by atoms with Gasteiger partial charge in [-0.05, 0) is 18.1 Å². The molecule has 0 aliphatic carbocycles. The number of rotatable bonds is 11. The maximum absolute atomic E-state index is 5.68. The second-order valence-corrected chi connectivity index (χ2v) is 4.96. The highest BCUT2D eigenvalue weighted by molar-refractivity contribution is 7.85. The Balaban J connectivity index is 3.18. The summed E-state index contributed by atoms with van der Waals surface area (Å²) in [5, 5.41) is 4.18. The van der Waals surface area contributed by atoms with E-state index >= 15 is 0 Å². The molecular formula is C14H28N4S. The fourth-order valence-electron chi connectivity index (χ4n) is 1.88. The zero-order valence-electron chi connectivity index (χ0n) is 11.8. The molecule has 0 aromatic carbocycles. The highest BCUT2D eigenvalue weighted by Gasteiger charge is 1.95. The van der Waals surface area contributed by atoms with Crippen LogP contribution < -0.4 is 17.3 Å². The summed E-state index contributed by atoms with van der Waals surface area (Å²) < 4.78 is 0. The maximum Gasteiger partial charge on any atom is 0.111 e. The molecule has 0 spiro atoms. The molecule has 6 N–H and O–H groups in total. The summed E-state index contributed by atoms with van der Waals surface area (Å²) in [6.45, 7) is 0.806. The molecule has 0 aliphatic heterocycles. The zero-order valence-corrected chi connectivity index (χ0v) is 12.7. The van der Waals surface area contributed by atoms with Gasteiger partial charge in [-0.25, -0.2) is 5.84 Å². The van der Waals surface area contributed by atoms with Crippen LogP contribution in [0.5, 0.6) is 0 Å². The van der Waals surface area contributed by atoms with Crippen LogP contribution in [0, 0.1) is 11.2 Å². The second kappa shape index (κ2) is 13.4. The maximum atomic E-state index is 5.68. The minimum atomic E-state index is 0.255. The van der Waals surface area contributed by atoms with Crippen LogP contribution in [0.3, 0.4) is 0 Å². The molecule has 0 radical (unpaired) electrons. The van der Waals surface area contributed by atoms with E-state index in [9.17, 15) is 0 Å². The van der Waals surface area contributed by atoms with Gasteiger partial charge < -0.3 is 16.5 Å². The minimum Gasteiger partial charge on any atom is -0.384 e. The van der Waals surface area contributed by atoms with Crippen molar-refractivity contribution in [3.63, 3.8) is 0 Å². The van der Waals surface area contributed by atoms with Gasteiger partial charge in [0.15, 0.2) is 0 Å². The van der Waals surface area contributed by atoms with Crippen LogP contribution in [0.4, 0.5) is 0 Å². The molecule has 110 valence electrons. The first-order valence-electron chi connectivity index (χ1n) is 7.03. The minimum absolute atomic E-state index is 0.255. The average Bonchev–Trinajstić information content (AvgIpc) is 2.35. The molecule has 0 aromatic heterocycles. The lowest BCUT2D eigenvalue weighted by molar-refractivity contribution is 0.373. The standard InChI is InChI=1S/C14H28N4S/c15-14(16)13-18(17)11-9-7-5-3-1-2-4-6-8-10-12-19/h13,19H,1-9,11,15-17H2. The Morgan fingerprint density at radius 3 is 2.00 bits per heavy atom. The van der Waals surface area contributed by atoms with Gasteiger partial charge in [-0.3, -0.25) is 0 Å². The second-order valence-electron chi connectivity index (χ2n) is 4.73. The van der Waals surface area contributed by atoms with E-state index in [1.807, 2.05) is 0 Å². The van der Waals surface area contributed by atoms with Crippen molar-refractivity contribution in [2.45, 2.75) is 57.8 Å². The molecule has 0 aromatic rings. The van der Waals surface area contributed by atoms with Crippen LogP contribution in [0.25, 0.3) is 0 Å². The lowest BCUT2D eigenvalue weighted by Gasteiger charge is -2.13. The quantitative estimate of drug-likeness (QED) is 0.154. The Hall–Kier alpha value is -0.990. The summed E-state index contributed by atoms with van der Waals surface area (Å²) in [7, 11) is 0. The van der Waals surface area contributed by atoms with Crippen LogP contribution in [-0.2, 0) is 0 Å². The Morgan fingerprint density at radius 1 is 0.947 bits per heavy atom. The normalized spacial score (nSPS) is 9.58. The van der Waals surface area contributed by atoms with Gasteiger partial charge in [-0.2, -0.15) is 0 Å². The third-order valence-electron chi connectivity index (χ3n) is 2.86. The molecule has 4 nitrogen and oxygen atoms in total. The third-order valence-corrected chi connectivity index (χ3v) is 3.02. The zero-order chi connectivity index (χ0) is 14.3. The van der Waals surface area contributed by atoms with Crippen molar-refractivity contribution in [1.82, 2.24) is 5.01 Å². The fourth-order valence-corrected chi connectivity index (χ4v) is 1.99. The first-order chi connectivity index (χ1) is 9.16. The highest BCUT2D eigenvalue weighted by Crippen LogP contribution is 2.09. The molecule has 0 saturated carbocycles. The van der Waals surface area contributed by atoms with Crippen molar-refractivity contribution in [3.8, 4) is 11.2 Å². The van der Waals surface area contributed by atoms with Gasteiger partial charge in [0, 0.05) is 13.0 Å². The molecule has 0 aliphatic rings. The summed E-state index contributed by atoms with van der Waals surface area (Å²) in [4.78, 5) is 0. The van der Waals surface area contributed by atoms with Crippen LogP contribution in [0.2, 0.25) is 0 Å². The number of hydrogen-bond acceptors (Lipinski definition) is 5. The average molecular weight is 284 g/mol. The van der Waals surface area contributed by atoms with Crippen LogP contribution >= 0.6 is 12.6 Å². The van der Waals surface area contributed by atoms with Crippen molar-refractivity contribution >= 4 is 12.6 Å². The number of unbranched alkanes of at least 4 members (excludes halogenated alkanes) is 8. The van der Waals surface area contributed by atoms with Crippen molar-refractivity contribution in [3.05, 3.63) is 12.0 Å². The Bertz CT molecular complexity index is 290. The summed E-state index contributed by atoms with van der Waals surface area (Å²) >= 11 is 3.85. The van der Waals surface area contributed by atoms with E-state index < -0.39 is 0 Å².